The molecule has 0 saturated heterocycles. The fraction of sp³-hybridized carbons (Fsp3) is 0.500. The number of aldehydes is 1. The summed E-state index contributed by atoms with van der Waals surface area (Å²) in [6.07, 6.45) is 7.24. The Bertz CT molecular complexity index is 365. The molecular formula is C14H18O2. The maximum atomic E-state index is 10.9. The van der Waals surface area contributed by atoms with E-state index in [1.165, 1.54) is 37.7 Å². The molecule has 16 heavy (non-hydrogen) atoms. The average Bonchev–Trinajstić information content (AvgIpc) is 2.38. The van der Waals surface area contributed by atoms with Gasteiger partial charge in [-0.3, -0.25) is 4.79 Å². The molecule has 1 aliphatic rings. The van der Waals surface area contributed by atoms with Gasteiger partial charge in [-0.25, -0.2) is 0 Å². The minimum atomic E-state index is 0.573. The molecule has 0 atom stereocenters. The smallest absolute Gasteiger partial charge is 0.153 e. The first kappa shape index (κ1) is 11.2. The van der Waals surface area contributed by atoms with Crippen molar-refractivity contribution in [3.8, 4) is 5.75 Å². The lowest BCUT2D eigenvalue weighted by molar-refractivity contribution is 0.112. The second-order valence-electron chi connectivity index (χ2n) is 4.42. The van der Waals surface area contributed by atoms with Crippen LogP contribution in [0.3, 0.4) is 0 Å². The predicted molar refractivity (Wildman–Crippen MR) is 64.2 cm³/mol. The zero-order chi connectivity index (χ0) is 11.4. The second-order valence-corrected chi connectivity index (χ2v) is 4.42. The highest BCUT2D eigenvalue weighted by atomic mass is 16.5. The van der Waals surface area contributed by atoms with Gasteiger partial charge in [-0.15, -0.1) is 0 Å². The van der Waals surface area contributed by atoms with Crippen molar-refractivity contribution in [2.75, 3.05) is 7.11 Å². The van der Waals surface area contributed by atoms with Gasteiger partial charge in [0.25, 0.3) is 0 Å². The van der Waals surface area contributed by atoms with Crippen LogP contribution in [0.15, 0.2) is 18.2 Å². The molecule has 2 nitrogen and oxygen atoms in total. The maximum absolute atomic E-state index is 10.9. The van der Waals surface area contributed by atoms with E-state index in [4.69, 9.17) is 4.74 Å². The highest BCUT2D eigenvalue weighted by Gasteiger charge is 2.20. The number of methoxy groups -OCH3 is 1. The predicted octanol–water partition coefficient (Wildman–Crippen LogP) is 3.56. The number of carbonyl (C=O) groups excluding carboxylic acids is 1. The summed E-state index contributed by atoms with van der Waals surface area (Å²) < 4.78 is 5.39. The molecular weight excluding hydrogens is 200 g/mol. The van der Waals surface area contributed by atoms with E-state index in [2.05, 4.69) is 6.07 Å². The van der Waals surface area contributed by atoms with Gasteiger partial charge in [0.2, 0.25) is 0 Å². The van der Waals surface area contributed by atoms with Crippen LogP contribution in [0.25, 0.3) is 0 Å². The van der Waals surface area contributed by atoms with Crippen LogP contribution < -0.4 is 4.74 Å². The summed E-state index contributed by atoms with van der Waals surface area (Å²) in [5.41, 5.74) is 1.89. The Morgan fingerprint density at radius 1 is 1.25 bits per heavy atom. The van der Waals surface area contributed by atoms with Gasteiger partial charge in [0.15, 0.2) is 6.29 Å². The van der Waals surface area contributed by atoms with Gasteiger partial charge in [-0.1, -0.05) is 31.4 Å². The molecule has 0 N–H and O–H groups in total. The maximum Gasteiger partial charge on any atom is 0.153 e. The van der Waals surface area contributed by atoms with Crippen LogP contribution in [-0.2, 0) is 0 Å². The fourth-order valence-electron chi connectivity index (χ4n) is 2.64. The molecule has 86 valence electrons. The summed E-state index contributed by atoms with van der Waals surface area (Å²) in [5.74, 6) is 1.35. The molecule has 2 rings (SSSR count). The molecule has 1 fully saturated rings. The normalized spacial score (nSPS) is 17.1. The van der Waals surface area contributed by atoms with Gasteiger partial charge in [-0.2, -0.15) is 0 Å². The van der Waals surface area contributed by atoms with Crippen molar-refractivity contribution in [2.45, 2.75) is 38.0 Å². The summed E-state index contributed by atoms with van der Waals surface area (Å²) in [5, 5.41) is 0. The Kier molecular flexibility index (Phi) is 3.60. The zero-order valence-corrected chi connectivity index (χ0v) is 9.74. The Labute approximate surface area is 96.6 Å². The molecule has 1 aliphatic carbocycles. The molecule has 0 bridgehead atoms. The van der Waals surface area contributed by atoms with E-state index in [0.29, 0.717) is 11.5 Å². The lowest BCUT2D eigenvalue weighted by atomic mass is 9.83. The van der Waals surface area contributed by atoms with E-state index in [9.17, 15) is 4.79 Å². The Morgan fingerprint density at radius 3 is 2.62 bits per heavy atom. The van der Waals surface area contributed by atoms with Crippen LogP contribution >= 0.6 is 0 Å². The molecule has 1 aromatic carbocycles. The van der Waals surface area contributed by atoms with Gasteiger partial charge >= 0.3 is 0 Å². The number of rotatable bonds is 3. The standard InChI is InChI=1S/C14H18O2/c1-16-14-12(10-15)8-5-9-13(14)11-6-3-2-4-7-11/h5,8-11H,2-4,6-7H2,1H3. The number of carbonyl (C=O) groups is 1. The van der Waals surface area contributed by atoms with E-state index >= 15 is 0 Å². The first-order chi connectivity index (χ1) is 7.86. The molecule has 0 amide bonds. The van der Waals surface area contributed by atoms with Gasteiger partial charge < -0.3 is 4.74 Å². The number of para-hydroxylation sites is 1. The van der Waals surface area contributed by atoms with Crippen molar-refractivity contribution in [3.05, 3.63) is 29.3 Å². The topological polar surface area (TPSA) is 26.3 Å². The van der Waals surface area contributed by atoms with Crippen LogP contribution in [0, 0.1) is 0 Å². The summed E-state index contributed by atoms with van der Waals surface area (Å²) in [6.45, 7) is 0. The summed E-state index contributed by atoms with van der Waals surface area (Å²) in [4.78, 5) is 10.9. The van der Waals surface area contributed by atoms with Crippen molar-refractivity contribution in [3.63, 3.8) is 0 Å². The molecule has 0 heterocycles. The van der Waals surface area contributed by atoms with Gasteiger partial charge in [0.1, 0.15) is 5.75 Å². The number of hydrogen-bond donors (Lipinski definition) is 0. The van der Waals surface area contributed by atoms with Crippen molar-refractivity contribution in [2.24, 2.45) is 0 Å². The monoisotopic (exact) mass is 218 g/mol. The third kappa shape index (κ3) is 2.11. The fourth-order valence-corrected chi connectivity index (χ4v) is 2.64. The molecule has 0 aliphatic heterocycles. The first-order valence-electron chi connectivity index (χ1n) is 5.99. The van der Waals surface area contributed by atoms with E-state index in [1.807, 2.05) is 12.1 Å². The van der Waals surface area contributed by atoms with Crippen LogP contribution in [0.2, 0.25) is 0 Å². The van der Waals surface area contributed by atoms with Gasteiger partial charge in [0.05, 0.1) is 12.7 Å². The summed E-state index contributed by atoms with van der Waals surface area (Å²) in [6, 6.07) is 5.87. The SMILES string of the molecule is COc1c(C=O)cccc1C1CCCCC1. The lowest BCUT2D eigenvalue weighted by Gasteiger charge is -2.24. The largest absolute Gasteiger partial charge is 0.496 e. The van der Waals surface area contributed by atoms with E-state index in [-0.39, 0.29) is 0 Å². The highest BCUT2D eigenvalue weighted by Crippen LogP contribution is 2.38. The first-order valence-corrected chi connectivity index (χ1v) is 5.99. The van der Waals surface area contributed by atoms with Crippen LogP contribution in [0.5, 0.6) is 5.75 Å². The highest BCUT2D eigenvalue weighted by molar-refractivity contribution is 5.80. The van der Waals surface area contributed by atoms with Crippen LogP contribution in [-0.4, -0.2) is 13.4 Å². The van der Waals surface area contributed by atoms with E-state index in [0.717, 1.165) is 12.0 Å². The van der Waals surface area contributed by atoms with Crippen molar-refractivity contribution in [1.29, 1.82) is 0 Å². The van der Waals surface area contributed by atoms with Crippen LogP contribution in [0.1, 0.15) is 53.9 Å². The second kappa shape index (κ2) is 5.15. The van der Waals surface area contributed by atoms with Crippen molar-refractivity contribution >= 4 is 6.29 Å². The minimum absolute atomic E-state index is 0.573. The molecule has 2 heteroatoms. The lowest BCUT2D eigenvalue weighted by Crippen LogP contribution is -2.07. The van der Waals surface area contributed by atoms with Gasteiger partial charge in [-0.05, 0) is 30.4 Å². The average molecular weight is 218 g/mol. The molecule has 0 unspecified atom stereocenters. The number of hydrogen-bond acceptors (Lipinski definition) is 2. The number of benzene rings is 1. The summed E-state index contributed by atoms with van der Waals surface area (Å²) >= 11 is 0. The molecule has 0 spiro atoms. The summed E-state index contributed by atoms with van der Waals surface area (Å²) in [7, 11) is 1.65. The Morgan fingerprint density at radius 2 is 2.00 bits per heavy atom. The van der Waals surface area contributed by atoms with Crippen LogP contribution in [0.4, 0.5) is 0 Å². The van der Waals surface area contributed by atoms with Crippen molar-refractivity contribution in [1.82, 2.24) is 0 Å². The van der Waals surface area contributed by atoms with Gasteiger partial charge in [0, 0.05) is 0 Å². The zero-order valence-electron chi connectivity index (χ0n) is 9.74. The van der Waals surface area contributed by atoms with E-state index in [1.54, 1.807) is 7.11 Å². The third-order valence-corrected chi connectivity index (χ3v) is 3.45. The Hall–Kier alpha value is -1.31. The molecule has 1 saturated carbocycles. The van der Waals surface area contributed by atoms with Crippen molar-refractivity contribution < 1.29 is 9.53 Å². The Balaban J connectivity index is 2.34. The third-order valence-electron chi connectivity index (χ3n) is 3.45. The molecule has 0 radical (unpaired) electrons. The quantitative estimate of drug-likeness (QED) is 0.725. The number of ether oxygens (including phenoxy) is 1. The van der Waals surface area contributed by atoms with E-state index < -0.39 is 0 Å². The minimum Gasteiger partial charge on any atom is -0.496 e. The molecule has 0 aromatic heterocycles. The molecule has 1 aromatic rings.